The van der Waals surface area contributed by atoms with Crippen LogP contribution in [0.4, 0.5) is 8.78 Å². The van der Waals surface area contributed by atoms with Crippen molar-refractivity contribution < 1.29 is 8.78 Å². The highest BCUT2D eigenvalue weighted by Crippen LogP contribution is 2.26. The first-order valence-electron chi connectivity index (χ1n) is 5.97. The summed E-state index contributed by atoms with van der Waals surface area (Å²) in [6.45, 7) is 5.07. The maximum absolute atomic E-state index is 12.4. The van der Waals surface area contributed by atoms with Crippen molar-refractivity contribution in [1.29, 1.82) is 0 Å². The maximum Gasteiger partial charge on any atom is 0.251 e. The fourth-order valence-electron chi connectivity index (χ4n) is 2.94. The van der Waals surface area contributed by atoms with Gasteiger partial charge in [-0.15, -0.1) is 0 Å². The van der Waals surface area contributed by atoms with Crippen molar-refractivity contribution in [3.63, 3.8) is 0 Å². The number of fused-ring (bicyclic) bond motifs is 1. The molecular formula is C11H20F2N2. The largest absolute Gasteiger partial charge is 0.298 e. The summed E-state index contributed by atoms with van der Waals surface area (Å²) in [7, 11) is 0. The molecule has 2 rings (SSSR count). The molecule has 0 aromatic heterocycles. The van der Waals surface area contributed by atoms with Crippen molar-refractivity contribution in [3.8, 4) is 0 Å². The molecule has 0 bridgehead atoms. The predicted molar refractivity (Wildman–Crippen MR) is 56.3 cm³/mol. The third-order valence-electron chi connectivity index (χ3n) is 3.75. The van der Waals surface area contributed by atoms with Crippen LogP contribution >= 0.6 is 0 Å². The lowest BCUT2D eigenvalue weighted by atomic mass is 10.1. The maximum atomic E-state index is 12.4. The van der Waals surface area contributed by atoms with Crippen LogP contribution in [0.15, 0.2) is 0 Å². The van der Waals surface area contributed by atoms with E-state index in [-0.39, 0.29) is 6.54 Å². The second-order valence-electron chi connectivity index (χ2n) is 4.70. The molecule has 2 fully saturated rings. The molecule has 4 heteroatoms. The van der Waals surface area contributed by atoms with Gasteiger partial charge in [-0.2, -0.15) is 0 Å². The molecule has 15 heavy (non-hydrogen) atoms. The van der Waals surface area contributed by atoms with E-state index in [4.69, 9.17) is 0 Å². The van der Waals surface area contributed by atoms with Gasteiger partial charge in [0.25, 0.3) is 6.43 Å². The highest BCUT2D eigenvalue weighted by molar-refractivity contribution is 4.91. The topological polar surface area (TPSA) is 6.48 Å². The van der Waals surface area contributed by atoms with Crippen LogP contribution in [0.2, 0.25) is 0 Å². The van der Waals surface area contributed by atoms with Crippen molar-refractivity contribution >= 4 is 0 Å². The predicted octanol–water partition coefficient (Wildman–Crippen LogP) is 1.81. The molecule has 2 saturated heterocycles. The zero-order valence-electron chi connectivity index (χ0n) is 9.33. The van der Waals surface area contributed by atoms with E-state index in [1.54, 1.807) is 0 Å². The Bertz CT molecular complexity index is 211. The molecule has 2 aliphatic rings. The number of piperazine rings is 1. The molecular weight excluding hydrogens is 198 g/mol. The van der Waals surface area contributed by atoms with Crippen LogP contribution in [-0.4, -0.2) is 54.5 Å². The van der Waals surface area contributed by atoms with Gasteiger partial charge in [0.1, 0.15) is 0 Å². The summed E-state index contributed by atoms with van der Waals surface area (Å²) >= 11 is 0. The third-order valence-corrected chi connectivity index (χ3v) is 3.75. The summed E-state index contributed by atoms with van der Waals surface area (Å²) in [4.78, 5) is 4.48. The first kappa shape index (κ1) is 11.3. The molecule has 2 heterocycles. The minimum atomic E-state index is -2.19. The molecule has 88 valence electrons. The van der Waals surface area contributed by atoms with Gasteiger partial charge in [-0.05, 0) is 25.8 Å². The number of rotatable bonds is 3. The normalized spacial score (nSPS) is 33.6. The Balaban J connectivity index is 1.96. The van der Waals surface area contributed by atoms with E-state index in [0.717, 1.165) is 19.5 Å². The highest BCUT2D eigenvalue weighted by Gasteiger charge is 2.36. The highest BCUT2D eigenvalue weighted by atomic mass is 19.3. The molecule has 2 atom stereocenters. The average Bonchev–Trinajstić information content (AvgIpc) is 2.62. The minimum Gasteiger partial charge on any atom is -0.298 e. The van der Waals surface area contributed by atoms with Crippen LogP contribution in [0.5, 0.6) is 0 Å². The lowest BCUT2D eigenvalue weighted by Crippen LogP contribution is -2.56. The van der Waals surface area contributed by atoms with Crippen LogP contribution in [0.3, 0.4) is 0 Å². The van der Waals surface area contributed by atoms with Crippen LogP contribution < -0.4 is 0 Å². The van der Waals surface area contributed by atoms with Crippen molar-refractivity contribution in [1.82, 2.24) is 9.80 Å². The van der Waals surface area contributed by atoms with E-state index in [9.17, 15) is 8.78 Å². The lowest BCUT2D eigenvalue weighted by Gasteiger charge is -2.43. The zero-order valence-corrected chi connectivity index (χ0v) is 9.33. The van der Waals surface area contributed by atoms with E-state index >= 15 is 0 Å². The van der Waals surface area contributed by atoms with Gasteiger partial charge in [-0.25, -0.2) is 8.78 Å². The quantitative estimate of drug-likeness (QED) is 0.713. The molecule has 0 saturated carbocycles. The summed E-state index contributed by atoms with van der Waals surface area (Å²) in [5, 5.41) is 0. The standard InChI is InChI=1S/C11H20F2N2/c1-2-9-6-14-5-3-4-10(14)7-15(9)8-11(12)13/h9-11H,2-8H2,1H3. The second kappa shape index (κ2) is 4.74. The van der Waals surface area contributed by atoms with Crippen LogP contribution in [0, 0.1) is 0 Å². The number of nitrogens with zero attached hydrogens (tertiary/aromatic N) is 2. The zero-order chi connectivity index (χ0) is 10.8. The summed E-state index contributed by atoms with van der Waals surface area (Å²) in [6, 6.07) is 0.889. The van der Waals surface area contributed by atoms with Crippen LogP contribution in [0.25, 0.3) is 0 Å². The third kappa shape index (κ3) is 2.48. The van der Waals surface area contributed by atoms with Gasteiger partial charge in [-0.3, -0.25) is 9.80 Å². The smallest absolute Gasteiger partial charge is 0.251 e. The van der Waals surface area contributed by atoms with E-state index < -0.39 is 6.43 Å². The Morgan fingerprint density at radius 1 is 1.33 bits per heavy atom. The first-order valence-corrected chi connectivity index (χ1v) is 5.97. The van der Waals surface area contributed by atoms with Crippen molar-refractivity contribution in [3.05, 3.63) is 0 Å². The van der Waals surface area contributed by atoms with Gasteiger partial charge in [0, 0.05) is 25.2 Å². The molecule has 2 aliphatic heterocycles. The number of hydrogen-bond donors (Lipinski definition) is 0. The van der Waals surface area contributed by atoms with E-state index in [1.165, 1.54) is 19.4 Å². The van der Waals surface area contributed by atoms with Gasteiger partial charge in [0.05, 0.1) is 6.54 Å². The first-order chi connectivity index (χ1) is 7.20. The number of hydrogen-bond acceptors (Lipinski definition) is 2. The Kier molecular flexibility index (Phi) is 3.57. The Hall–Kier alpha value is -0.220. The van der Waals surface area contributed by atoms with Crippen molar-refractivity contribution in [2.24, 2.45) is 0 Å². The number of halogens is 2. The van der Waals surface area contributed by atoms with Crippen LogP contribution in [0.1, 0.15) is 26.2 Å². The lowest BCUT2D eigenvalue weighted by molar-refractivity contribution is 0.00496. The number of alkyl halides is 2. The SMILES string of the molecule is CCC1CN2CCCC2CN1CC(F)F. The summed E-state index contributed by atoms with van der Waals surface area (Å²) < 4.78 is 24.8. The molecule has 0 aliphatic carbocycles. The summed E-state index contributed by atoms with van der Waals surface area (Å²) in [5.74, 6) is 0. The molecule has 0 aromatic rings. The van der Waals surface area contributed by atoms with Gasteiger partial charge in [0.15, 0.2) is 0 Å². The minimum absolute atomic E-state index is 0.0388. The van der Waals surface area contributed by atoms with Crippen LogP contribution in [-0.2, 0) is 0 Å². The molecule has 2 nitrogen and oxygen atoms in total. The van der Waals surface area contributed by atoms with E-state index in [2.05, 4.69) is 11.8 Å². The Morgan fingerprint density at radius 3 is 2.80 bits per heavy atom. The van der Waals surface area contributed by atoms with Gasteiger partial charge < -0.3 is 0 Å². The molecule has 0 spiro atoms. The fourth-order valence-corrected chi connectivity index (χ4v) is 2.94. The second-order valence-corrected chi connectivity index (χ2v) is 4.70. The molecule has 0 aromatic carbocycles. The Labute approximate surface area is 90.2 Å². The summed E-state index contributed by atoms with van der Waals surface area (Å²) in [5.41, 5.74) is 0. The average molecular weight is 218 g/mol. The molecule has 0 N–H and O–H groups in total. The molecule has 0 amide bonds. The Morgan fingerprint density at radius 2 is 2.13 bits per heavy atom. The van der Waals surface area contributed by atoms with Gasteiger partial charge in [0.2, 0.25) is 0 Å². The van der Waals surface area contributed by atoms with Crippen molar-refractivity contribution in [2.75, 3.05) is 26.2 Å². The molecule has 2 unspecified atom stereocenters. The van der Waals surface area contributed by atoms with E-state index in [1.807, 2.05) is 4.90 Å². The monoisotopic (exact) mass is 218 g/mol. The fraction of sp³-hybridized carbons (Fsp3) is 1.00. The van der Waals surface area contributed by atoms with E-state index in [0.29, 0.717) is 12.1 Å². The van der Waals surface area contributed by atoms with Crippen molar-refractivity contribution in [2.45, 2.75) is 44.7 Å². The summed E-state index contributed by atoms with van der Waals surface area (Å²) in [6.07, 6.45) is 1.22. The molecule has 0 radical (unpaired) electrons. The van der Waals surface area contributed by atoms with Gasteiger partial charge >= 0.3 is 0 Å². The van der Waals surface area contributed by atoms with Gasteiger partial charge in [-0.1, -0.05) is 6.92 Å².